The average Bonchev–Trinajstić information content (AvgIpc) is 2.47. The summed E-state index contributed by atoms with van der Waals surface area (Å²) in [6.07, 6.45) is -0.703. The predicted octanol–water partition coefficient (Wildman–Crippen LogP) is 3.62. The molecule has 1 fully saturated rings. The Hall–Kier alpha value is -2.31. The molecule has 0 atom stereocenters. The van der Waals surface area contributed by atoms with Gasteiger partial charge < -0.3 is 10.2 Å². The fourth-order valence-electron chi connectivity index (χ4n) is 2.53. The van der Waals surface area contributed by atoms with Crippen LogP contribution in [0.1, 0.15) is 29.6 Å². The molecule has 1 aromatic carbocycles. The highest BCUT2D eigenvalue weighted by atomic mass is 19.4. The van der Waals surface area contributed by atoms with Gasteiger partial charge in [0.05, 0.1) is 0 Å². The van der Waals surface area contributed by atoms with Crippen LogP contribution in [0, 0.1) is 5.92 Å². The molecule has 0 unspecified atom stereocenters. The quantitative estimate of drug-likeness (QED) is 0.804. The summed E-state index contributed by atoms with van der Waals surface area (Å²) < 4.78 is 38.4. The molecule has 0 saturated heterocycles. The summed E-state index contributed by atoms with van der Waals surface area (Å²) in [7, 11) is 0. The maximum absolute atomic E-state index is 12.8. The van der Waals surface area contributed by atoms with Crippen LogP contribution in [-0.2, 0) is 4.79 Å². The summed E-state index contributed by atoms with van der Waals surface area (Å²) in [5, 5.41) is 2.49. The Bertz CT molecular complexity index is 625. The van der Waals surface area contributed by atoms with Crippen LogP contribution in [0.5, 0.6) is 0 Å². The number of halogens is 3. The van der Waals surface area contributed by atoms with Gasteiger partial charge in [-0.25, -0.2) is 0 Å². The number of anilines is 1. The molecule has 0 aliphatic heterocycles. The Morgan fingerprint density at radius 3 is 2.58 bits per heavy atom. The lowest BCUT2D eigenvalue weighted by Crippen LogP contribution is -2.43. The van der Waals surface area contributed by atoms with E-state index >= 15 is 0 Å². The molecule has 7 heteroatoms. The van der Waals surface area contributed by atoms with Crippen LogP contribution in [0.3, 0.4) is 0 Å². The summed E-state index contributed by atoms with van der Waals surface area (Å²) in [5.41, 5.74) is 0.446. The van der Waals surface area contributed by atoms with E-state index in [1.54, 1.807) is 6.07 Å². The van der Waals surface area contributed by atoms with E-state index in [1.165, 1.54) is 18.2 Å². The van der Waals surface area contributed by atoms with E-state index in [4.69, 9.17) is 0 Å². The van der Waals surface area contributed by atoms with Gasteiger partial charge in [0.15, 0.2) is 0 Å². The fourth-order valence-corrected chi connectivity index (χ4v) is 2.53. The Morgan fingerprint density at radius 2 is 2.04 bits per heavy atom. The minimum Gasteiger partial charge on any atom is -0.329 e. The first-order chi connectivity index (χ1) is 11.3. The SMILES string of the molecule is C=CC(=O)Nc1cccc(C(=O)N(CC2CCC2)CC(F)(F)F)c1. The molecule has 0 aromatic heterocycles. The first-order valence-electron chi connectivity index (χ1n) is 7.68. The highest BCUT2D eigenvalue weighted by Crippen LogP contribution is 2.29. The molecule has 1 aromatic rings. The van der Waals surface area contributed by atoms with Crippen LogP contribution in [0.15, 0.2) is 36.9 Å². The molecule has 1 saturated carbocycles. The second-order valence-corrected chi connectivity index (χ2v) is 5.87. The number of carbonyl (C=O) groups is 2. The number of amides is 2. The van der Waals surface area contributed by atoms with Gasteiger partial charge in [-0.1, -0.05) is 19.1 Å². The highest BCUT2D eigenvalue weighted by molar-refractivity contribution is 6.00. The van der Waals surface area contributed by atoms with E-state index < -0.39 is 24.5 Å². The first kappa shape index (κ1) is 18.0. The van der Waals surface area contributed by atoms with Crippen molar-refractivity contribution in [2.45, 2.75) is 25.4 Å². The minimum absolute atomic E-state index is 0.0988. The molecule has 0 spiro atoms. The van der Waals surface area contributed by atoms with Gasteiger partial charge in [-0.2, -0.15) is 13.2 Å². The molecule has 4 nitrogen and oxygen atoms in total. The van der Waals surface area contributed by atoms with E-state index in [-0.39, 0.29) is 18.0 Å². The molecule has 1 N–H and O–H groups in total. The zero-order valence-electron chi connectivity index (χ0n) is 13.1. The molecule has 0 radical (unpaired) electrons. The molecular weight excluding hydrogens is 321 g/mol. The third kappa shape index (κ3) is 5.11. The van der Waals surface area contributed by atoms with Gasteiger partial charge in [0.1, 0.15) is 6.54 Å². The van der Waals surface area contributed by atoms with Gasteiger partial charge in [0.2, 0.25) is 5.91 Å². The Labute approximate surface area is 138 Å². The van der Waals surface area contributed by atoms with E-state index in [0.29, 0.717) is 5.69 Å². The van der Waals surface area contributed by atoms with Crippen molar-refractivity contribution in [3.8, 4) is 0 Å². The highest BCUT2D eigenvalue weighted by Gasteiger charge is 2.35. The number of carbonyl (C=O) groups excluding carboxylic acids is 2. The Morgan fingerprint density at radius 1 is 1.33 bits per heavy atom. The molecule has 0 bridgehead atoms. The van der Waals surface area contributed by atoms with Crippen LogP contribution in [0.25, 0.3) is 0 Å². The van der Waals surface area contributed by atoms with Crippen molar-refractivity contribution >= 4 is 17.5 Å². The molecular formula is C17H19F3N2O2. The van der Waals surface area contributed by atoms with Crippen molar-refractivity contribution in [1.29, 1.82) is 0 Å². The third-order valence-electron chi connectivity index (χ3n) is 3.92. The van der Waals surface area contributed by atoms with Crippen LogP contribution < -0.4 is 5.32 Å². The molecule has 24 heavy (non-hydrogen) atoms. The van der Waals surface area contributed by atoms with Crippen molar-refractivity contribution in [2.75, 3.05) is 18.4 Å². The maximum Gasteiger partial charge on any atom is 0.406 e. The van der Waals surface area contributed by atoms with Gasteiger partial charge in [0, 0.05) is 17.8 Å². The van der Waals surface area contributed by atoms with Gasteiger partial charge in [-0.05, 0) is 43.0 Å². The number of alkyl halides is 3. The zero-order chi connectivity index (χ0) is 17.7. The number of hydrogen-bond acceptors (Lipinski definition) is 2. The topological polar surface area (TPSA) is 49.4 Å². The van der Waals surface area contributed by atoms with Crippen molar-refractivity contribution in [3.63, 3.8) is 0 Å². The smallest absolute Gasteiger partial charge is 0.329 e. The number of benzene rings is 1. The molecule has 130 valence electrons. The summed E-state index contributed by atoms with van der Waals surface area (Å²) in [6.45, 7) is 2.15. The number of nitrogens with zero attached hydrogens (tertiary/aromatic N) is 1. The van der Waals surface area contributed by atoms with Crippen molar-refractivity contribution in [3.05, 3.63) is 42.5 Å². The number of rotatable bonds is 6. The second kappa shape index (κ2) is 7.51. The predicted molar refractivity (Wildman–Crippen MR) is 84.6 cm³/mol. The monoisotopic (exact) mass is 340 g/mol. The van der Waals surface area contributed by atoms with Gasteiger partial charge in [-0.15, -0.1) is 0 Å². The summed E-state index contributed by atoms with van der Waals surface area (Å²) in [5.74, 6) is -1.02. The standard InChI is InChI=1S/C17H19F3N2O2/c1-2-15(23)21-14-8-4-7-13(9-14)16(24)22(11-17(18,19)20)10-12-5-3-6-12/h2,4,7-9,12H,1,3,5-6,10-11H2,(H,21,23). The van der Waals surface area contributed by atoms with Crippen LogP contribution in [0.2, 0.25) is 0 Å². The zero-order valence-corrected chi connectivity index (χ0v) is 13.1. The summed E-state index contributed by atoms with van der Waals surface area (Å²) >= 11 is 0. The van der Waals surface area contributed by atoms with E-state index in [2.05, 4.69) is 11.9 Å². The van der Waals surface area contributed by atoms with E-state index in [0.717, 1.165) is 30.2 Å². The largest absolute Gasteiger partial charge is 0.406 e. The Kier molecular flexibility index (Phi) is 5.64. The lowest BCUT2D eigenvalue weighted by molar-refractivity contribution is -0.142. The molecule has 2 rings (SSSR count). The molecule has 1 aliphatic carbocycles. The normalized spacial score (nSPS) is 14.6. The average molecular weight is 340 g/mol. The van der Waals surface area contributed by atoms with Crippen LogP contribution in [-0.4, -0.2) is 36.0 Å². The molecule has 2 amide bonds. The van der Waals surface area contributed by atoms with E-state index in [1.807, 2.05) is 0 Å². The van der Waals surface area contributed by atoms with Gasteiger partial charge in [0.25, 0.3) is 5.91 Å². The Balaban J connectivity index is 2.16. The second-order valence-electron chi connectivity index (χ2n) is 5.87. The van der Waals surface area contributed by atoms with Crippen molar-refractivity contribution < 1.29 is 22.8 Å². The van der Waals surface area contributed by atoms with Gasteiger partial charge in [-0.3, -0.25) is 9.59 Å². The van der Waals surface area contributed by atoms with Crippen LogP contribution in [0.4, 0.5) is 18.9 Å². The van der Waals surface area contributed by atoms with Gasteiger partial charge >= 0.3 is 6.18 Å². The number of hydrogen-bond donors (Lipinski definition) is 1. The lowest BCUT2D eigenvalue weighted by Gasteiger charge is -2.33. The fraction of sp³-hybridized carbons (Fsp3) is 0.412. The summed E-state index contributed by atoms with van der Waals surface area (Å²) in [4.78, 5) is 24.6. The van der Waals surface area contributed by atoms with Crippen LogP contribution >= 0.6 is 0 Å². The molecule has 1 aliphatic rings. The van der Waals surface area contributed by atoms with E-state index in [9.17, 15) is 22.8 Å². The number of nitrogens with one attached hydrogen (secondary N) is 1. The first-order valence-corrected chi connectivity index (χ1v) is 7.68. The summed E-state index contributed by atoms with van der Waals surface area (Å²) in [6, 6.07) is 5.88. The maximum atomic E-state index is 12.8. The minimum atomic E-state index is -4.45. The lowest BCUT2D eigenvalue weighted by atomic mass is 9.85. The molecule has 0 heterocycles. The van der Waals surface area contributed by atoms with Crippen molar-refractivity contribution in [2.24, 2.45) is 5.92 Å². The van der Waals surface area contributed by atoms with Crippen molar-refractivity contribution in [1.82, 2.24) is 4.90 Å². The third-order valence-corrected chi connectivity index (χ3v) is 3.92.